The molecule has 4 nitrogen and oxygen atoms in total. The van der Waals surface area contributed by atoms with Gasteiger partial charge in [-0.1, -0.05) is 29.8 Å². The van der Waals surface area contributed by atoms with Gasteiger partial charge in [-0.3, -0.25) is 0 Å². The van der Waals surface area contributed by atoms with E-state index in [1.807, 2.05) is 6.92 Å². The van der Waals surface area contributed by atoms with Crippen LogP contribution < -0.4 is 0 Å². The molecule has 0 radical (unpaired) electrons. The topological polar surface area (TPSA) is 66.8 Å². The number of carbonyl (C=O) groups is 1. The Bertz CT molecular complexity index is 331. The molecule has 1 aromatic carbocycles. The molecular formula is C11H14O4. The van der Waals surface area contributed by atoms with Crippen LogP contribution in [0.5, 0.6) is 0 Å². The summed E-state index contributed by atoms with van der Waals surface area (Å²) >= 11 is 0. The van der Waals surface area contributed by atoms with Crippen molar-refractivity contribution in [3.63, 3.8) is 0 Å². The van der Waals surface area contributed by atoms with Crippen LogP contribution in [-0.4, -0.2) is 29.4 Å². The molecule has 1 rings (SSSR count). The first-order valence-corrected chi connectivity index (χ1v) is 4.56. The summed E-state index contributed by atoms with van der Waals surface area (Å²) in [6, 6.07) is 6.91. The summed E-state index contributed by atoms with van der Waals surface area (Å²) < 4.78 is 4.33. The highest BCUT2D eigenvalue weighted by Gasteiger charge is 2.26. The molecule has 0 aromatic heterocycles. The van der Waals surface area contributed by atoms with E-state index in [2.05, 4.69) is 4.74 Å². The lowest BCUT2D eigenvalue weighted by molar-refractivity contribution is -0.156. The van der Waals surface area contributed by atoms with E-state index in [-0.39, 0.29) is 0 Å². The number of aliphatic hydroxyl groups is 2. The summed E-state index contributed by atoms with van der Waals surface area (Å²) in [5, 5.41) is 19.0. The Hall–Kier alpha value is -1.39. The number of hydrogen-bond acceptors (Lipinski definition) is 4. The van der Waals surface area contributed by atoms with E-state index in [0.29, 0.717) is 5.56 Å². The summed E-state index contributed by atoms with van der Waals surface area (Å²) in [6.07, 6.45) is -2.80. The van der Waals surface area contributed by atoms with Crippen molar-refractivity contribution in [3.05, 3.63) is 35.4 Å². The van der Waals surface area contributed by atoms with Gasteiger partial charge in [-0.05, 0) is 12.5 Å². The Morgan fingerprint density at radius 3 is 2.27 bits per heavy atom. The van der Waals surface area contributed by atoms with Crippen LogP contribution in [0.2, 0.25) is 0 Å². The number of aliphatic hydroxyl groups excluding tert-OH is 2. The molecule has 82 valence electrons. The predicted molar refractivity (Wildman–Crippen MR) is 54.2 cm³/mol. The summed E-state index contributed by atoms with van der Waals surface area (Å²) in [5.74, 6) is -0.844. The highest BCUT2D eigenvalue weighted by atomic mass is 16.5. The minimum atomic E-state index is -1.54. The molecule has 0 amide bonds. The average molecular weight is 210 g/mol. The van der Waals surface area contributed by atoms with Crippen LogP contribution in [0.15, 0.2) is 24.3 Å². The van der Waals surface area contributed by atoms with Crippen molar-refractivity contribution in [3.8, 4) is 0 Å². The lowest BCUT2D eigenvalue weighted by Crippen LogP contribution is -2.28. The number of benzene rings is 1. The van der Waals surface area contributed by atoms with Crippen molar-refractivity contribution in [2.75, 3.05) is 7.11 Å². The number of rotatable bonds is 3. The Balaban J connectivity index is 2.80. The Morgan fingerprint density at radius 1 is 1.27 bits per heavy atom. The summed E-state index contributed by atoms with van der Waals surface area (Å²) in [6.45, 7) is 1.91. The quantitative estimate of drug-likeness (QED) is 0.715. The Morgan fingerprint density at radius 2 is 1.80 bits per heavy atom. The fourth-order valence-corrected chi connectivity index (χ4v) is 1.20. The molecule has 1 aromatic rings. The molecule has 4 heteroatoms. The number of methoxy groups -OCH3 is 1. The van der Waals surface area contributed by atoms with E-state index in [0.717, 1.165) is 12.7 Å². The predicted octanol–water partition coefficient (Wildman–Crippen LogP) is 0.562. The van der Waals surface area contributed by atoms with E-state index >= 15 is 0 Å². The molecule has 0 bridgehead atoms. The molecule has 0 unspecified atom stereocenters. The van der Waals surface area contributed by atoms with E-state index in [1.165, 1.54) is 0 Å². The van der Waals surface area contributed by atoms with Gasteiger partial charge in [-0.15, -0.1) is 0 Å². The molecule has 0 aliphatic carbocycles. The van der Waals surface area contributed by atoms with E-state index in [9.17, 15) is 15.0 Å². The normalized spacial score (nSPS) is 14.4. The smallest absolute Gasteiger partial charge is 0.337 e. The molecule has 2 atom stereocenters. The zero-order chi connectivity index (χ0) is 11.4. The molecule has 0 spiro atoms. The summed E-state index contributed by atoms with van der Waals surface area (Å²) in [5.41, 5.74) is 1.53. The Kier molecular flexibility index (Phi) is 3.82. The van der Waals surface area contributed by atoms with Gasteiger partial charge in [0.05, 0.1) is 7.11 Å². The second-order valence-corrected chi connectivity index (χ2v) is 3.32. The third kappa shape index (κ3) is 2.78. The standard InChI is InChI=1S/C11H14O4/c1-7-3-5-8(6-4-7)9(12)10(13)11(14)15-2/h3-6,9-10,12-13H,1-2H3/t9-,10+/m0/s1. The molecule has 2 N–H and O–H groups in total. The molecule has 0 fully saturated rings. The molecular weight excluding hydrogens is 196 g/mol. The maximum Gasteiger partial charge on any atom is 0.337 e. The number of ether oxygens (including phenoxy) is 1. The van der Waals surface area contributed by atoms with Crippen molar-refractivity contribution in [2.45, 2.75) is 19.1 Å². The maximum absolute atomic E-state index is 11.0. The van der Waals surface area contributed by atoms with Gasteiger partial charge in [-0.2, -0.15) is 0 Å². The van der Waals surface area contributed by atoms with E-state index < -0.39 is 18.2 Å². The van der Waals surface area contributed by atoms with Crippen LogP contribution in [0, 0.1) is 6.92 Å². The molecule has 0 aliphatic rings. The van der Waals surface area contributed by atoms with Gasteiger partial charge in [0.15, 0.2) is 6.10 Å². The third-order valence-corrected chi connectivity index (χ3v) is 2.16. The highest BCUT2D eigenvalue weighted by Crippen LogP contribution is 2.18. The van der Waals surface area contributed by atoms with Crippen molar-refractivity contribution in [2.24, 2.45) is 0 Å². The van der Waals surface area contributed by atoms with Gasteiger partial charge in [-0.25, -0.2) is 4.79 Å². The number of hydrogen-bond donors (Lipinski definition) is 2. The number of carbonyl (C=O) groups excluding carboxylic acids is 1. The van der Waals surface area contributed by atoms with Gasteiger partial charge < -0.3 is 14.9 Å². The first-order chi connectivity index (χ1) is 7.06. The zero-order valence-electron chi connectivity index (χ0n) is 8.68. The van der Waals surface area contributed by atoms with Crippen LogP contribution in [0.4, 0.5) is 0 Å². The molecule has 0 aliphatic heterocycles. The number of esters is 1. The maximum atomic E-state index is 11.0. The second kappa shape index (κ2) is 4.91. The first-order valence-electron chi connectivity index (χ1n) is 4.56. The van der Waals surface area contributed by atoms with Crippen molar-refractivity contribution in [1.82, 2.24) is 0 Å². The Labute approximate surface area is 88.1 Å². The number of aryl methyl sites for hydroxylation is 1. The van der Waals surface area contributed by atoms with Gasteiger partial charge in [0.25, 0.3) is 0 Å². The average Bonchev–Trinajstić information content (AvgIpc) is 2.27. The second-order valence-electron chi connectivity index (χ2n) is 3.32. The van der Waals surface area contributed by atoms with Gasteiger partial charge in [0.1, 0.15) is 6.10 Å². The molecule has 0 heterocycles. The van der Waals surface area contributed by atoms with Gasteiger partial charge in [0, 0.05) is 0 Å². The van der Waals surface area contributed by atoms with E-state index in [4.69, 9.17) is 0 Å². The molecule has 15 heavy (non-hydrogen) atoms. The zero-order valence-corrected chi connectivity index (χ0v) is 8.68. The van der Waals surface area contributed by atoms with Crippen LogP contribution in [0.25, 0.3) is 0 Å². The van der Waals surface area contributed by atoms with Crippen LogP contribution in [-0.2, 0) is 9.53 Å². The fraction of sp³-hybridized carbons (Fsp3) is 0.364. The van der Waals surface area contributed by atoms with Crippen LogP contribution in [0.1, 0.15) is 17.2 Å². The summed E-state index contributed by atoms with van der Waals surface area (Å²) in [4.78, 5) is 11.0. The highest BCUT2D eigenvalue weighted by molar-refractivity contribution is 5.75. The van der Waals surface area contributed by atoms with Crippen molar-refractivity contribution < 1.29 is 19.7 Å². The molecule has 0 saturated carbocycles. The first kappa shape index (κ1) is 11.7. The van der Waals surface area contributed by atoms with Gasteiger partial charge >= 0.3 is 5.97 Å². The fourth-order valence-electron chi connectivity index (χ4n) is 1.20. The van der Waals surface area contributed by atoms with Gasteiger partial charge in [0.2, 0.25) is 0 Å². The third-order valence-electron chi connectivity index (χ3n) is 2.16. The van der Waals surface area contributed by atoms with Crippen molar-refractivity contribution in [1.29, 1.82) is 0 Å². The minimum absolute atomic E-state index is 0.485. The van der Waals surface area contributed by atoms with Crippen LogP contribution in [0.3, 0.4) is 0 Å². The lowest BCUT2D eigenvalue weighted by atomic mass is 10.0. The van der Waals surface area contributed by atoms with E-state index in [1.54, 1.807) is 24.3 Å². The monoisotopic (exact) mass is 210 g/mol. The minimum Gasteiger partial charge on any atom is -0.467 e. The lowest BCUT2D eigenvalue weighted by Gasteiger charge is -2.15. The summed E-state index contributed by atoms with van der Waals surface area (Å²) in [7, 11) is 1.16. The van der Waals surface area contributed by atoms with Crippen molar-refractivity contribution >= 4 is 5.97 Å². The van der Waals surface area contributed by atoms with Crippen LogP contribution >= 0.6 is 0 Å². The molecule has 0 saturated heterocycles. The SMILES string of the molecule is COC(=O)[C@H](O)[C@@H](O)c1ccc(C)cc1. The largest absolute Gasteiger partial charge is 0.467 e.